The normalized spacial score (nSPS) is 16.6. The van der Waals surface area contributed by atoms with E-state index in [9.17, 15) is 0 Å². The number of hydrazine groups is 1. The lowest BCUT2D eigenvalue weighted by molar-refractivity contribution is 0.330. The highest BCUT2D eigenvalue weighted by Gasteiger charge is 2.17. The Morgan fingerprint density at radius 1 is 0.788 bits per heavy atom. The predicted octanol–water partition coefficient (Wildman–Crippen LogP) is 9.07. The minimum absolute atomic E-state index is 1.02. The highest BCUT2D eigenvalue weighted by Crippen LogP contribution is 2.37. The maximum absolute atomic E-state index is 3.42. The number of hydrogen-bond donors (Lipinski definition) is 1. The highest BCUT2D eigenvalue weighted by atomic mass is 32.2. The van der Waals surface area contributed by atoms with E-state index in [1.807, 2.05) is 0 Å². The molecule has 3 heteroatoms. The fourth-order valence-electron chi connectivity index (χ4n) is 5.16. The molecule has 2 aromatic rings. The first-order valence-corrected chi connectivity index (χ1v) is 14.2. The van der Waals surface area contributed by atoms with Gasteiger partial charge in [0.1, 0.15) is 0 Å². The van der Waals surface area contributed by atoms with Gasteiger partial charge in [-0.3, -0.25) is 5.43 Å². The Bertz CT molecular complexity index is 850. The maximum atomic E-state index is 3.42. The molecule has 1 aliphatic heterocycles. The molecule has 0 unspecified atom stereocenters. The van der Waals surface area contributed by atoms with Gasteiger partial charge in [0.25, 0.3) is 0 Å². The molecular weight excluding hydrogens is 420 g/mol. The van der Waals surface area contributed by atoms with Crippen molar-refractivity contribution in [3.63, 3.8) is 0 Å². The molecule has 0 atom stereocenters. The zero-order valence-electron chi connectivity index (χ0n) is 20.5. The molecule has 1 saturated carbocycles. The van der Waals surface area contributed by atoms with Gasteiger partial charge < -0.3 is 0 Å². The molecule has 1 fully saturated rings. The third-order valence-electron chi connectivity index (χ3n) is 7.28. The molecular formula is C30H42N2S. The standard InChI is InChI=1S/C30H42N2S/c1-2-3-4-6-13-27-18-22-29(23-19-27)32-31-24-30(33-32)28-20-16-26(17-21-28)15-10-9-14-25-11-7-5-8-12-25/h16-25,31H,2-15H2,1H3. The fraction of sp³-hybridized carbons (Fsp3) is 0.533. The first-order chi connectivity index (χ1) is 16.3. The van der Waals surface area contributed by atoms with Gasteiger partial charge in [-0.1, -0.05) is 108 Å². The van der Waals surface area contributed by atoms with Crippen LogP contribution in [0.5, 0.6) is 0 Å². The Balaban J connectivity index is 1.19. The number of benzene rings is 2. The molecule has 2 aromatic carbocycles. The molecule has 0 saturated heterocycles. The Kier molecular flexibility index (Phi) is 9.65. The van der Waals surface area contributed by atoms with E-state index in [1.165, 1.54) is 117 Å². The number of nitrogens with one attached hydrogen (secondary N) is 1. The molecule has 0 amide bonds. The van der Waals surface area contributed by atoms with E-state index < -0.39 is 0 Å². The van der Waals surface area contributed by atoms with Gasteiger partial charge in [0.2, 0.25) is 0 Å². The van der Waals surface area contributed by atoms with Crippen molar-refractivity contribution in [2.45, 2.75) is 96.8 Å². The summed E-state index contributed by atoms with van der Waals surface area (Å²) in [5, 5.41) is 0. The maximum Gasteiger partial charge on any atom is 0.0704 e. The van der Waals surface area contributed by atoms with Crippen LogP contribution in [0.1, 0.15) is 101 Å². The van der Waals surface area contributed by atoms with Crippen LogP contribution >= 0.6 is 11.9 Å². The molecule has 0 bridgehead atoms. The van der Waals surface area contributed by atoms with Gasteiger partial charge in [-0.25, -0.2) is 4.41 Å². The van der Waals surface area contributed by atoms with Crippen LogP contribution in [0.15, 0.2) is 54.7 Å². The molecule has 1 aliphatic carbocycles. The van der Waals surface area contributed by atoms with Crippen molar-refractivity contribution < 1.29 is 0 Å². The first kappa shape index (κ1) is 24.3. The summed E-state index contributed by atoms with van der Waals surface area (Å²) in [5.41, 5.74) is 8.85. The third-order valence-corrected chi connectivity index (χ3v) is 8.33. The van der Waals surface area contributed by atoms with E-state index >= 15 is 0 Å². The summed E-state index contributed by atoms with van der Waals surface area (Å²) in [6, 6.07) is 18.3. The summed E-state index contributed by atoms with van der Waals surface area (Å²) in [6.07, 6.45) is 21.4. The molecule has 2 nitrogen and oxygen atoms in total. The lowest BCUT2D eigenvalue weighted by Gasteiger charge is -2.21. The average Bonchev–Trinajstić information content (AvgIpc) is 3.36. The minimum Gasteiger partial charge on any atom is -0.294 e. The highest BCUT2D eigenvalue weighted by molar-refractivity contribution is 8.09. The molecule has 0 spiro atoms. The summed E-state index contributed by atoms with van der Waals surface area (Å²) in [4.78, 5) is 1.28. The number of hydrogen-bond acceptors (Lipinski definition) is 3. The summed E-state index contributed by atoms with van der Waals surface area (Å²) in [7, 11) is 0. The second-order valence-corrected chi connectivity index (χ2v) is 10.9. The van der Waals surface area contributed by atoms with Crippen LogP contribution in [0.2, 0.25) is 0 Å². The van der Waals surface area contributed by atoms with Crippen molar-refractivity contribution in [3.05, 3.63) is 71.4 Å². The van der Waals surface area contributed by atoms with Crippen LogP contribution < -0.4 is 9.84 Å². The number of unbranched alkanes of at least 4 members (excludes halogenated alkanes) is 4. The Hall–Kier alpha value is -1.87. The van der Waals surface area contributed by atoms with E-state index in [1.54, 1.807) is 11.9 Å². The molecule has 1 N–H and O–H groups in total. The minimum atomic E-state index is 1.02. The summed E-state index contributed by atoms with van der Waals surface area (Å²) in [6.45, 7) is 2.27. The molecule has 2 aliphatic rings. The van der Waals surface area contributed by atoms with Crippen LogP contribution in [0.3, 0.4) is 0 Å². The van der Waals surface area contributed by atoms with Gasteiger partial charge in [0.05, 0.1) is 10.6 Å². The summed E-state index contributed by atoms with van der Waals surface area (Å²) >= 11 is 1.77. The smallest absolute Gasteiger partial charge is 0.0704 e. The van der Waals surface area contributed by atoms with E-state index in [0.717, 1.165) is 5.92 Å². The predicted molar refractivity (Wildman–Crippen MR) is 146 cm³/mol. The largest absolute Gasteiger partial charge is 0.294 e. The topological polar surface area (TPSA) is 15.3 Å². The van der Waals surface area contributed by atoms with Gasteiger partial charge in [-0.15, -0.1) is 0 Å². The van der Waals surface area contributed by atoms with Crippen LogP contribution in [-0.2, 0) is 12.8 Å². The van der Waals surface area contributed by atoms with E-state index in [-0.39, 0.29) is 0 Å². The lowest BCUT2D eigenvalue weighted by Crippen LogP contribution is -2.22. The molecule has 4 rings (SSSR count). The van der Waals surface area contributed by atoms with Crippen molar-refractivity contribution >= 4 is 22.5 Å². The zero-order valence-corrected chi connectivity index (χ0v) is 21.3. The molecule has 1 heterocycles. The van der Waals surface area contributed by atoms with Gasteiger partial charge in [-0.2, -0.15) is 0 Å². The molecule has 33 heavy (non-hydrogen) atoms. The van der Waals surface area contributed by atoms with Gasteiger partial charge >= 0.3 is 0 Å². The molecule has 0 radical (unpaired) electrons. The van der Waals surface area contributed by atoms with E-state index in [2.05, 4.69) is 71.5 Å². The second-order valence-electron chi connectivity index (χ2n) is 9.95. The van der Waals surface area contributed by atoms with Crippen LogP contribution in [0, 0.1) is 5.92 Å². The number of nitrogens with zero attached hydrogens (tertiary/aromatic N) is 1. The number of rotatable bonds is 12. The van der Waals surface area contributed by atoms with Gasteiger partial charge in [0.15, 0.2) is 0 Å². The van der Waals surface area contributed by atoms with Crippen molar-refractivity contribution in [1.82, 2.24) is 5.43 Å². The Morgan fingerprint density at radius 2 is 1.45 bits per heavy atom. The Labute approximate surface area is 206 Å². The molecule has 0 aromatic heterocycles. The first-order valence-electron chi connectivity index (χ1n) is 13.4. The lowest BCUT2D eigenvalue weighted by atomic mass is 9.85. The molecule has 178 valence electrons. The van der Waals surface area contributed by atoms with E-state index in [0.29, 0.717) is 0 Å². The van der Waals surface area contributed by atoms with Crippen molar-refractivity contribution in [2.24, 2.45) is 5.92 Å². The number of aryl methyl sites for hydroxylation is 2. The SMILES string of the molecule is CCCCCCc1ccc(N2NC=C(c3ccc(CCCCC4CCCCC4)cc3)S2)cc1. The van der Waals surface area contributed by atoms with Crippen molar-refractivity contribution in [3.8, 4) is 0 Å². The second kappa shape index (κ2) is 13.1. The van der Waals surface area contributed by atoms with Gasteiger partial charge in [-0.05, 0) is 60.4 Å². The van der Waals surface area contributed by atoms with Crippen molar-refractivity contribution in [1.29, 1.82) is 0 Å². The average molecular weight is 463 g/mol. The number of anilines is 1. The van der Waals surface area contributed by atoms with Crippen LogP contribution in [0.25, 0.3) is 4.91 Å². The van der Waals surface area contributed by atoms with E-state index in [4.69, 9.17) is 0 Å². The van der Waals surface area contributed by atoms with Gasteiger partial charge in [0, 0.05) is 18.1 Å². The van der Waals surface area contributed by atoms with Crippen LogP contribution in [0.4, 0.5) is 5.69 Å². The third kappa shape index (κ3) is 7.57. The summed E-state index contributed by atoms with van der Waals surface area (Å²) in [5.74, 6) is 1.02. The summed E-state index contributed by atoms with van der Waals surface area (Å²) < 4.78 is 2.16. The van der Waals surface area contributed by atoms with Crippen LogP contribution in [-0.4, -0.2) is 0 Å². The fourth-order valence-corrected chi connectivity index (χ4v) is 6.04. The Morgan fingerprint density at radius 3 is 2.15 bits per heavy atom. The quantitative estimate of drug-likeness (QED) is 0.250. The van der Waals surface area contributed by atoms with Crippen molar-refractivity contribution in [2.75, 3.05) is 4.41 Å². The monoisotopic (exact) mass is 462 g/mol. The zero-order chi connectivity index (χ0) is 22.7.